The first kappa shape index (κ1) is 14.1. The molecule has 1 fully saturated rings. The van der Waals surface area contributed by atoms with Crippen molar-refractivity contribution in [2.24, 2.45) is 0 Å². The Morgan fingerprint density at radius 1 is 1.37 bits per heavy atom. The summed E-state index contributed by atoms with van der Waals surface area (Å²) in [5, 5.41) is 13.7. The Labute approximate surface area is 115 Å². The van der Waals surface area contributed by atoms with Crippen LogP contribution in [-0.4, -0.2) is 40.8 Å². The lowest BCUT2D eigenvalue weighted by Crippen LogP contribution is -2.39. The van der Waals surface area contributed by atoms with E-state index in [4.69, 9.17) is 0 Å². The van der Waals surface area contributed by atoms with Gasteiger partial charge in [-0.25, -0.2) is 9.97 Å². The molecule has 106 valence electrons. The summed E-state index contributed by atoms with van der Waals surface area (Å²) >= 11 is 0. The number of hydrogen-bond donors (Lipinski definition) is 2. The normalized spacial score (nSPS) is 17.5. The fraction of sp³-hybridized carbons (Fsp3) is 0.714. The van der Waals surface area contributed by atoms with Gasteiger partial charge in [-0.1, -0.05) is 12.8 Å². The quantitative estimate of drug-likeness (QED) is 0.851. The number of aliphatic hydroxyl groups is 1. The molecule has 1 aromatic heterocycles. The van der Waals surface area contributed by atoms with Gasteiger partial charge in [0.15, 0.2) is 0 Å². The zero-order valence-electron chi connectivity index (χ0n) is 12.1. The molecule has 5 nitrogen and oxygen atoms in total. The van der Waals surface area contributed by atoms with E-state index in [1.54, 1.807) is 6.33 Å². The Bertz CT molecular complexity index is 429. The molecule has 0 radical (unpaired) electrons. The number of likely N-dealkylation sites (N-methyl/N-ethyl adjacent to an activating group) is 1. The molecule has 1 saturated carbocycles. The summed E-state index contributed by atoms with van der Waals surface area (Å²) in [5.74, 6) is 1.77. The standard InChI is InChI=1S/C14H24N4O/c1-4-15-12-11(2)13(17-10-16-12)18(3)9-14(19)7-5-6-8-14/h10,19H,4-9H2,1-3H3,(H,15,16,17). The van der Waals surface area contributed by atoms with Crippen molar-refractivity contribution in [1.29, 1.82) is 0 Å². The van der Waals surface area contributed by atoms with Crippen molar-refractivity contribution in [3.05, 3.63) is 11.9 Å². The molecule has 0 aromatic carbocycles. The minimum absolute atomic E-state index is 0.551. The first-order chi connectivity index (χ1) is 9.06. The van der Waals surface area contributed by atoms with Crippen molar-refractivity contribution >= 4 is 11.6 Å². The summed E-state index contributed by atoms with van der Waals surface area (Å²) in [4.78, 5) is 10.7. The first-order valence-corrected chi connectivity index (χ1v) is 7.05. The van der Waals surface area contributed by atoms with E-state index in [1.807, 2.05) is 25.8 Å². The van der Waals surface area contributed by atoms with Gasteiger partial charge in [-0.05, 0) is 26.7 Å². The SMILES string of the molecule is CCNc1ncnc(N(C)CC2(O)CCCC2)c1C. The number of rotatable bonds is 5. The van der Waals surface area contributed by atoms with Crippen molar-refractivity contribution < 1.29 is 5.11 Å². The van der Waals surface area contributed by atoms with Crippen LogP contribution in [0.4, 0.5) is 11.6 Å². The number of nitrogens with zero attached hydrogens (tertiary/aromatic N) is 3. The van der Waals surface area contributed by atoms with Gasteiger partial charge in [-0.2, -0.15) is 0 Å². The molecule has 2 rings (SSSR count). The van der Waals surface area contributed by atoms with E-state index in [1.165, 1.54) is 0 Å². The van der Waals surface area contributed by atoms with Crippen molar-refractivity contribution in [2.75, 3.05) is 30.4 Å². The van der Waals surface area contributed by atoms with Gasteiger partial charge in [-0.3, -0.25) is 0 Å². The fourth-order valence-electron chi connectivity index (χ4n) is 2.88. The van der Waals surface area contributed by atoms with Crippen LogP contribution in [0, 0.1) is 6.92 Å². The third-order valence-electron chi connectivity index (χ3n) is 3.83. The predicted octanol–water partition coefficient (Wildman–Crippen LogP) is 1.96. The maximum Gasteiger partial charge on any atom is 0.136 e. The molecule has 1 aromatic rings. The predicted molar refractivity (Wildman–Crippen MR) is 77.6 cm³/mol. The third-order valence-corrected chi connectivity index (χ3v) is 3.83. The van der Waals surface area contributed by atoms with E-state index >= 15 is 0 Å². The van der Waals surface area contributed by atoms with Crippen LogP contribution in [0.15, 0.2) is 6.33 Å². The van der Waals surface area contributed by atoms with E-state index in [9.17, 15) is 5.11 Å². The van der Waals surface area contributed by atoms with Crippen LogP contribution in [0.1, 0.15) is 38.2 Å². The summed E-state index contributed by atoms with van der Waals surface area (Å²) < 4.78 is 0. The molecule has 5 heteroatoms. The molecule has 19 heavy (non-hydrogen) atoms. The van der Waals surface area contributed by atoms with Crippen LogP contribution in [0.3, 0.4) is 0 Å². The molecule has 0 spiro atoms. The summed E-state index contributed by atoms with van der Waals surface area (Å²) in [7, 11) is 1.99. The summed E-state index contributed by atoms with van der Waals surface area (Å²) in [6, 6.07) is 0. The van der Waals surface area contributed by atoms with E-state index < -0.39 is 5.60 Å². The van der Waals surface area contributed by atoms with Crippen LogP contribution in [0.2, 0.25) is 0 Å². The lowest BCUT2D eigenvalue weighted by Gasteiger charge is -2.30. The summed E-state index contributed by atoms with van der Waals surface area (Å²) in [6.07, 6.45) is 5.60. The first-order valence-electron chi connectivity index (χ1n) is 7.05. The average Bonchev–Trinajstić information content (AvgIpc) is 2.78. The summed E-state index contributed by atoms with van der Waals surface area (Å²) in [5.41, 5.74) is 0.484. The topological polar surface area (TPSA) is 61.3 Å². The highest BCUT2D eigenvalue weighted by Gasteiger charge is 2.32. The van der Waals surface area contributed by atoms with Crippen molar-refractivity contribution in [3.8, 4) is 0 Å². The lowest BCUT2D eigenvalue weighted by atomic mass is 10.0. The molecule has 0 amide bonds. The maximum absolute atomic E-state index is 10.5. The van der Waals surface area contributed by atoms with Gasteiger partial charge in [-0.15, -0.1) is 0 Å². The second-order valence-electron chi connectivity index (χ2n) is 5.49. The maximum atomic E-state index is 10.5. The van der Waals surface area contributed by atoms with E-state index in [0.29, 0.717) is 6.54 Å². The smallest absolute Gasteiger partial charge is 0.136 e. The lowest BCUT2D eigenvalue weighted by molar-refractivity contribution is 0.0558. The third kappa shape index (κ3) is 3.15. The van der Waals surface area contributed by atoms with Crippen molar-refractivity contribution in [3.63, 3.8) is 0 Å². The van der Waals surface area contributed by atoms with Gasteiger partial charge in [0.25, 0.3) is 0 Å². The Balaban J connectivity index is 2.14. The van der Waals surface area contributed by atoms with E-state index in [2.05, 4.69) is 15.3 Å². The van der Waals surface area contributed by atoms with E-state index in [-0.39, 0.29) is 0 Å². The van der Waals surface area contributed by atoms with E-state index in [0.717, 1.165) is 49.4 Å². The minimum Gasteiger partial charge on any atom is -0.388 e. The molecule has 1 heterocycles. The van der Waals surface area contributed by atoms with Gasteiger partial charge in [0, 0.05) is 25.7 Å². The van der Waals surface area contributed by atoms with Gasteiger partial charge >= 0.3 is 0 Å². The molecule has 2 N–H and O–H groups in total. The largest absolute Gasteiger partial charge is 0.388 e. The fourth-order valence-corrected chi connectivity index (χ4v) is 2.88. The number of aromatic nitrogens is 2. The second-order valence-corrected chi connectivity index (χ2v) is 5.49. The number of nitrogens with one attached hydrogen (secondary N) is 1. The highest BCUT2D eigenvalue weighted by atomic mass is 16.3. The van der Waals surface area contributed by atoms with Crippen LogP contribution < -0.4 is 10.2 Å². The van der Waals surface area contributed by atoms with Gasteiger partial charge in [0.2, 0.25) is 0 Å². The highest BCUT2D eigenvalue weighted by molar-refractivity contribution is 5.57. The molecule has 1 aliphatic carbocycles. The monoisotopic (exact) mass is 264 g/mol. The van der Waals surface area contributed by atoms with Crippen molar-refractivity contribution in [2.45, 2.75) is 45.1 Å². The van der Waals surface area contributed by atoms with Crippen molar-refractivity contribution in [1.82, 2.24) is 9.97 Å². The Morgan fingerprint density at radius 2 is 2.05 bits per heavy atom. The van der Waals surface area contributed by atoms with Crippen LogP contribution in [0.5, 0.6) is 0 Å². The molecular weight excluding hydrogens is 240 g/mol. The number of hydrogen-bond acceptors (Lipinski definition) is 5. The van der Waals surface area contributed by atoms with Gasteiger partial charge in [0.1, 0.15) is 18.0 Å². The molecule has 0 aliphatic heterocycles. The zero-order valence-corrected chi connectivity index (χ0v) is 12.1. The van der Waals surface area contributed by atoms with Gasteiger partial charge in [0.05, 0.1) is 5.60 Å². The second kappa shape index (κ2) is 5.74. The average molecular weight is 264 g/mol. The number of anilines is 2. The minimum atomic E-state index is -0.551. The highest BCUT2D eigenvalue weighted by Crippen LogP contribution is 2.31. The van der Waals surface area contributed by atoms with Crippen LogP contribution in [-0.2, 0) is 0 Å². The Hall–Kier alpha value is -1.36. The van der Waals surface area contributed by atoms with Crippen LogP contribution >= 0.6 is 0 Å². The molecule has 0 atom stereocenters. The zero-order chi connectivity index (χ0) is 13.9. The molecule has 0 bridgehead atoms. The molecule has 0 unspecified atom stereocenters. The summed E-state index contributed by atoms with van der Waals surface area (Å²) in [6.45, 7) is 5.54. The molecular formula is C14H24N4O. The Kier molecular flexibility index (Phi) is 4.24. The van der Waals surface area contributed by atoms with Crippen LogP contribution in [0.25, 0.3) is 0 Å². The molecule has 1 aliphatic rings. The molecule has 0 saturated heterocycles. The van der Waals surface area contributed by atoms with Gasteiger partial charge < -0.3 is 15.3 Å². The Morgan fingerprint density at radius 3 is 2.68 bits per heavy atom.